The van der Waals surface area contributed by atoms with Gasteiger partial charge in [-0.15, -0.1) is 0 Å². The lowest BCUT2D eigenvalue weighted by atomic mass is 10.1. The Morgan fingerprint density at radius 2 is 1.63 bits per heavy atom. The summed E-state index contributed by atoms with van der Waals surface area (Å²) < 4.78 is 15.9. The number of carbonyl (C=O) groups excluding carboxylic acids is 1. The van der Waals surface area contributed by atoms with Gasteiger partial charge in [-0.2, -0.15) is 0 Å². The molecule has 0 aliphatic carbocycles. The molecule has 2 aromatic carbocycles. The van der Waals surface area contributed by atoms with Crippen molar-refractivity contribution < 1.29 is 19.0 Å². The van der Waals surface area contributed by atoms with Gasteiger partial charge in [-0.25, -0.2) is 4.98 Å². The van der Waals surface area contributed by atoms with E-state index in [9.17, 15) is 4.79 Å². The fourth-order valence-corrected chi connectivity index (χ4v) is 2.84. The van der Waals surface area contributed by atoms with Gasteiger partial charge in [0.2, 0.25) is 11.5 Å². The zero-order valence-electron chi connectivity index (χ0n) is 15.8. The molecule has 1 N–H and O–H groups in total. The molecule has 0 bridgehead atoms. The molecule has 6 nitrogen and oxygen atoms in total. The minimum absolute atomic E-state index is 0.234. The number of imidazole rings is 1. The molecule has 0 atom stereocenters. The lowest BCUT2D eigenvalue weighted by Gasteiger charge is -2.13. The fourth-order valence-electron chi connectivity index (χ4n) is 2.84. The first-order chi connectivity index (χ1) is 13.1. The molecule has 0 amide bonds. The van der Waals surface area contributed by atoms with Crippen molar-refractivity contribution in [2.24, 2.45) is 0 Å². The predicted molar refractivity (Wildman–Crippen MR) is 103 cm³/mol. The van der Waals surface area contributed by atoms with Crippen molar-refractivity contribution in [1.82, 2.24) is 9.97 Å². The number of rotatable bonds is 7. The van der Waals surface area contributed by atoms with Crippen LogP contribution in [0.25, 0.3) is 11.4 Å². The van der Waals surface area contributed by atoms with Gasteiger partial charge >= 0.3 is 0 Å². The summed E-state index contributed by atoms with van der Waals surface area (Å²) in [4.78, 5) is 20.4. The first-order valence-corrected chi connectivity index (χ1v) is 8.60. The molecule has 0 fully saturated rings. The number of nitrogens with one attached hydrogen (secondary N) is 1. The van der Waals surface area contributed by atoms with Gasteiger partial charge in [0.15, 0.2) is 11.5 Å². The van der Waals surface area contributed by atoms with Gasteiger partial charge in [-0.3, -0.25) is 4.79 Å². The van der Waals surface area contributed by atoms with E-state index in [2.05, 4.69) is 29.0 Å². The van der Waals surface area contributed by atoms with E-state index in [0.717, 1.165) is 12.0 Å². The van der Waals surface area contributed by atoms with Crippen LogP contribution in [0.3, 0.4) is 0 Å². The molecule has 0 spiro atoms. The van der Waals surface area contributed by atoms with Crippen molar-refractivity contribution in [1.29, 1.82) is 0 Å². The van der Waals surface area contributed by atoms with Gasteiger partial charge in [-0.1, -0.05) is 31.2 Å². The Morgan fingerprint density at radius 1 is 1.00 bits per heavy atom. The Labute approximate surface area is 158 Å². The van der Waals surface area contributed by atoms with Gasteiger partial charge in [0.05, 0.1) is 21.3 Å². The van der Waals surface area contributed by atoms with Crippen LogP contribution in [0.5, 0.6) is 17.2 Å². The zero-order valence-corrected chi connectivity index (χ0v) is 15.8. The predicted octanol–water partition coefficient (Wildman–Crippen LogP) is 3.90. The molecule has 0 saturated carbocycles. The van der Waals surface area contributed by atoms with Crippen LogP contribution in [-0.4, -0.2) is 37.1 Å². The fraction of sp³-hybridized carbons (Fsp3) is 0.238. The summed E-state index contributed by atoms with van der Waals surface area (Å²) in [5.41, 5.74) is 2.90. The smallest absolute Gasteiger partial charge is 0.213 e. The summed E-state index contributed by atoms with van der Waals surface area (Å²) in [6.45, 7) is 2.11. The average molecular weight is 366 g/mol. The molecule has 6 heteroatoms. The number of ether oxygens (including phenoxy) is 3. The number of aryl methyl sites for hydroxylation is 1. The minimum atomic E-state index is -0.234. The summed E-state index contributed by atoms with van der Waals surface area (Å²) in [7, 11) is 4.54. The maximum atomic E-state index is 12.9. The van der Waals surface area contributed by atoms with E-state index in [4.69, 9.17) is 14.2 Å². The van der Waals surface area contributed by atoms with Crippen LogP contribution in [0, 0.1) is 0 Å². The third-order valence-electron chi connectivity index (χ3n) is 4.37. The first-order valence-electron chi connectivity index (χ1n) is 8.60. The molecule has 1 aromatic heterocycles. The molecule has 140 valence electrons. The van der Waals surface area contributed by atoms with E-state index in [1.165, 1.54) is 26.9 Å². The largest absolute Gasteiger partial charge is 0.493 e. The third-order valence-corrected chi connectivity index (χ3v) is 4.37. The van der Waals surface area contributed by atoms with Gasteiger partial charge in [0.1, 0.15) is 11.5 Å². The summed E-state index contributed by atoms with van der Waals surface area (Å²) >= 11 is 0. The quantitative estimate of drug-likeness (QED) is 0.642. The molecule has 3 rings (SSSR count). The summed E-state index contributed by atoms with van der Waals surface area (Å²) in [6.07, 6.45) is 2.58. The zero-order chi connectivity index (χ0) is 19.4. The van der Waals surface area contributed by atoms with Crippen molar-refractivity contribution in [2.75, 3.05) is 21.3 Å². The number of benzene rings is 2. The van der Waals surface area contributed by atoms with Crippen LogP contribution in [0.1, 0.15) is 28.5 Å². The normalized spacial score (nSPS) is 10.5. The van der Waals surface area contributed by atoms with E-state index < -0.39 is 0 Å². The van der Waals surface area contributed by atoms with Gasteiger partial charge < -0.3 is 19.2 Å². The van der Waals surface area contributed by atoms with Gasteiger partial charge in [0.25, 0.3) is 0 Å². The molecular weight excluding hydrogens is 344 g/mol. The van der Waals surface area contributed by atoms with Gasteiger partial charge in [0, 0.05) is 17.3 Å². The van der Waals surface area contributed by atoms with Crippen molar-refractivity contribution in [2.45, 2.75) is 13.3 Å². The van der Waals surface area contributed by atoms with Crippen molar-refractivity contribution in [3.63, 3.8) is 0 Å². The SMILES string of the molecule is CCc1ccc(-c2nc(C(=O)c3cc(OC)c(OC)c(OC)c3)c[nH]2)cc1. The molecule has 0 aliphatic rings. The Kier molecular flexibility index (Phi) is 5.45. The third kappa shape index (κ3) is 3.65. The number of methoxy groups -OCH3 is 3. The van der Waals surface area contributed by atoms with E-state index in [1.54, 1.807) is 18.3 Å². The Balaban J connectivity index is 1.93. The van der Waals surface area contributed by atoms with E-state index in [0.29, 0.717) is 34.3 Å². The summed E-state index contributed by atoms with van der Waals surface area (Å²) in [6, 6.07) is 11.3. The number of carbonyl (C=O) groups is 1. The van der Waals surface area contributed by atoms with Crippen LogP contribution in [0.2, 0.25) is 0 Å². The number of hydrogen-bond acceptors (Lipinski definition) is 5. The Hall–Kier alpha value is -3.28. The second-order valence-corrected chi connectivity index (χ2v) is 5.93. The van der Waals surface area contributed by atoms with E-state index in [1.807, 2.05) is 12.1 Å². The highest BCUT2D eigenvalue weighted by Gasteiger charge is 2.20. The monoisotopic (exact) mass is 366 g/mol. The second kappa shape index (κ2) is 7.95. The van der Waals surface area contributed by atoms with Crippen LogP contribution in [-0.2, 0) is 6.42 Å². The molecule has 27 heavy (non-hydrogen) atoms. The van der Waals surface area contributed by atoms with Gasteiger partial charge in [-0.05, 0) is 24.1 Å². The number of hydrogen-bond donors (Lipinski definition) is 1. The standard InChI is InChI=1S/C21H22N2O4/c1-5-13-6-8-14(9-7-13)21-22-12-16(23-21)19(24)15-10-17(25-2)20(27-4)18(11-15)26-3/h6-12H,5H2,1-4H3,(H,22,23). The lowest BCUT2D eigenvalue weighted by molar-refractivity contribution is 0.103. The molecule has 0 saturated heterocycles. The lowest BCUT2D eigenvalue weighted by Crippen LogP contribution is -2.04. The van der Waals surface area contributed by atoms with E-state index in [-0.39, 0.29) is 5.78 Å². The Bertz CT molecular complexity index is 920. The first kappa shape index (κ1) is 18.5. The van der Waals surface area contributed by atoms with Crippen LogP contribution in [0.15, 0.2) is 42.6 Å². The van der Waals surface area contributed by atoms with Crippen LogP contribution in [0.4, 0.5) is 0 Å². The number of aromatic amines is 1. The molecule has 0 aliphatic heterocycles. The Morgan fingerprint density at radius 3 is 2.15 bits per heavy atom. The maximum absolute atomic E-state index is 12.9. The van der Waals surface area contributed by atoms with Crippen LogP contribution >= 0.6 is 0 Å². The number of ketones is 1. The molecule has 0 unspecified atom stereocenters. The summed E-state index contributed by atoms with van der Waals surface area (Å²) in [5, 5.41) is 0. The highest BCUT2D eigenvalue weighted by Crippen LogP contribution is 2.38. The maximum Gasteiger partial charge on any atom is 0.213 e. The van der Waals surface area contributed by atoms with Crippen molar-refractivity contribution >= 4 is 5.78 Å². The highest BCUT2D eigenvalue weighted by atomic mass is 16.5. The molecule has 1 heterocycles. The average Bonchev–Trinajstić information content (AvgIpc) is 3.22. The molecular formula is C21H22N2O4. The topological polar surface area (TPSA) is 73.4 Å². The summed E-state index contributed by atoms with van der Waals surface area (Å²) in [5.74, 6) is 1.70. The second-order valence-electron chi connectivity index (χ2n) is 5.93. The van der Waals surface area contributed by atoms with Crippen molar-refractivity contribution in [3.8, 4) is 28.6 Å². The van der Waals surface area contributed by atoms with Crippen molar-refractivity contribution in [3.05, 3.63) is 59.4 Å². The minimum Gasteiger partial charge on any atom is -0.493 e. The van der Waals surface area contributed by atoms with Crippen LogP contribution < -0.4 is 14.2 Å². The highest BCUT2D eigenvalue weighted by molar-refractivity contribution is 6.08. The molecule has 0 radical (unpaired) electrons. The van der Waals surface area contributed by atoms with E-state index >= 15 is 0 Å². The number of nitrogens with zero attached hydrogens (tertiary/aromatic N) is 1. The number of aromatic nitrogens is 2. The number of H-pyrrole nitrogens is 1. The molecule has 3 aromatic rings.